The number of nitrogens with zero attached hydrogens (tertiary/aromatic N) is 2. The molecule has 238 valence electrons. The Labute approximate surface area is 261 Å². The SMILES string of the molecule is C=C[C@@H]1C[C@]1(NC(=O)[C@@H]1C[C@@H](Oc2ncc(OC)c3ccc(Cl)cc23)CN1C(=O)[C@@H](N)C(C)(C)C)C(=O)NS(=O)(=O)C1CC1. The molecule has 0 radical (unpaired) electrons. The van der Waals surface area contributed by atoms with Crippen molar-refractivity contribution in [3.8, 4) is 11.6 Å². The van der Waals surface area contributed by atoms with Crippen LogP contribution in [0.25, 0.3) is 10.8 Å². The molecule has 0 bridgehead atoms. The van der Waals surface area contributed by atoms with Gasteiger partial charge in [-0.1, -0.05) is 38.4 Å². The van der Waals surface area contributed by atoms with Gasteiger partial charge in [0.25, 0.3) is 5.91 Å². The lowest BCUT2D eigenvalue weighted by Gasteiger charge is -2.33. The second kappa shape index (κ2) is 11.5. The summed E-state index contributed by atoms with van der Waals surface area (Å²) in [4.78, 5) is 46.6. The van der Waals surface area contributed by atoms with Crippen molar-refractivity contribution in [2.75, 3.05) is 13.7 Å². The average Bonchev–Trinajstić information content (AvgIpc) is 3.88. The molecule has 3 fully saturated rings. The molecule has 3 aliphatic rings. The maximum atomic E-state index is 13.9. The van der Waals surface area contributed by atoms with Crippen LogP contribution in [0.1, 0.15) is 46.5 Å². The number of halogens is 1. The summed E-state index contributed by atoms with van der Waals surface area (Å²) in [7, 11) is -2.32. The molecule has 12 nitrogen and oxygen atoms in total. The fourth-order valence-electron chi connectivity index (χ4n) is 5.52. The van der Waals surface area contributed by atoms with Crippen LogP contribution in [-0.4, -0.2) is 78.7 Å². The Morgan fingerprint density at radius 2 is 1.95 bits per heavy atom. The van der Waals surface area contributed by atoms with Gasteiger partial charge in [0.15, 0.2) is 0 Å². The quantitative estimate of drug-likeness (QED) is 0.327. The zero-order valence-corrected chi connectivity index (χ0v) is 26.7. The summed E-state index contributed by atoms with van der Waals surface area (Å²) in [5.41, 5.74) is 4.24. The van der Waals surface area contributed by atoms with Crippen LogP contribution in [0, 0.1) is 11.3 Å². The predicted octanol–water partition coefficient (Wildman–Crippen LogP) is 2.29. The molecule has 14 heteroatoms. The number of nitrogens with one attached hydrogen (secondary N) is 2. The van der Waals surface area contributed by atoms with Gasteiger partial charge in [0.1, 0.15) is 23.4 Å². The number of nitrogens with two attached hydrogens (primary N) is 1. The number of hydrogen-bond acceptors (Lipinski definition) is 9. The summed E-state index contributed by atoms with van der Waals surface area (Å²) in [6.45, 7) is 9.23. The molecule has 2 heterocycles. The lowest BCUT2D eigenvalue weighted by atomic mass is 9.86. The van der Waals surface area contributed by atoms with Crippen molar-refractivity contribution in [1.29, 1.82) is 0 Å². The Kier molecular flexibility index (Phi) is 8.36. The maximum absolute atomic E-state index is 13.9. The van der Waals surface area contributed by atoms with Gasteiger partial charge in [-0.25, -0.2) is 13.4 Å². The first kappa shape index (κ1) is 32.0. The minimum Gasteiger partial charge on any atom is -0.494 e. The predicted molar refractivity (Wildman–Crippen MR) is 165 cm³/mol. The van der Waals surface area contributed by atoms with E-state index < -0.39 is 68.1 Å². The summed E-state index contributed by atoms with van der Waals surface area (Å²) in [6, 6.07) is 3.22. The molecule has 2 saturated carbocycles. The third-order valence-electron chi connectivity index (χ3n) is 8.57. The van der Waals surface area contributed by atoms with Crippen molar-refractivity contribution < 1.29 is 32.3 Å². The molecule has 5 rings (SSSR count). The van der Waals surface area contributed by atoms with Crippen LogP contribution in [0.15, 0.2) is 37.1 Å². The average molecular weight is 648 g/mol. The highest BCUT2D eigenvalue weighted by Gasteiger charge is 2.62. The molecule has 1 aliphatic heterocycles. The third kappa shape index (κ3) is 6.09. The molecule has 4 N–H and O–H groups in total. The van der Waals surface area contributed by atoms with E-state index in [2.05, 4.69) is 21.6 Å². The van der Waals surface area contributed by atoms with Crippen molar-refractivity contribution >= 4 is 50.1 Å². The van der Waals surface area contributed by atoms with Crippen molar-refractivity contribution in [2.45, 2.75) is 75.4 Å². The lowest BCUT2D eigenvalue weighted by molar-refractivity contribution is -0.142. The van der Waals surface area contributed by atoms with Gasteiger partial charge in [0, 0.05) is 28.1 Å². The number of rotatable bonds is 10. The first-order valence-corrected chi connectivity index (χ1v) is 16.4. The van der Waals surface area contributed by atoms with Crippen LogP contribution in [0.2, 0.25) is 5.02 Å². The van der Waals surface area contributed by atoms with Gasteiger partial charge >= 0.3 is 0 Å². The zero-order chi connectivity index (χ0) is 32.2. The first-order chi connectivity index (χ1) is 20.6. The summed E-state index contributed by atoms with van der Waals surface area (Å²) < 4.78 is 38.9. The number of sulfonamides is 1. The highest BCUT2D eigenvalue weighted by molar-refractivity contribution is 7.91. The Bertz CT molecular complexity index is 1620. The molecule has 3 amide bonds. The second-order valence-corrected chi connectivity index (χ2v) is 15.2. The number of benzene rings is 1. The number of methoxy groups -OCH3 is 1. The van der Waals surface area contributed by atoms with E-state index >= 15 is 0 Å². The molecule has 2 aliphatic carbocycles. The van der Waals surface area contributed by atoms with Crippen LogP contribution < -0.4 is 25.2 Å². The van der Waals surface area contributed by atoms with E-state index in [1.165, 1.54) is 24.3 Å². The number of fused-ring (bicyclic) bond motifs is 1. The topological polar surface area (TPSA) is 170 Å². The number of amides is 3. The van der Waals surface area contributed by atoms with Gasteiger partial charge in [-0.05, 0) is 42.9 Å². The maximum Gasteiger partial charge on any atom is 0.259 e. The summed E-state index contributed by atoms with van der Waals surface area (Å²) in [5, 5.41) is 3.92. The highest BCUT2D eigenvalue weighted by Crippen LogP contribution is 2.45. The summed E-state index contributed by atoms with van der Waals surface area (Å²) in [5.74, 6) is -1.60. The van der Waals surface area contributed by atoms with E-state index in [0.29, 0.717) is 29.0 Å². The third-order valence-corrected chi connectivity index (χ3v) is 10.6. The minimum atomic E-state index is -3.85. The fraction of sp³-hybridized carbons (Fsp3) is 0.533. The van der Waals surface area contributed by atoms with Crippen LogP contribution in [0.3, 0.4) is 0 Å². The highest BCUT2D eigenvalue weighted by atomic mass is 35.5. The van der Waals surface area contributed by atoms with E-state index in [9.17, 15) is 22.8 Å². The van der Waals surface area contributed by atoms with Crippen molar-refractivity contribution in [1.82, 2.24) is 19.9 Å². The number of aromatic nitrogens is 1. The smallest absolute Gasteiger partial charge is 0.259 e. The van der Waals surface area contributed by atoms with Crippen LogP contribution in [-0.2, 0) is 24.4 Å². The number of ether oxygens (including phenoxy) is 2. The van der Waals surface area contributed by atoms with Gasteiger partial charge in [-0.3, -0.25) is 19.1 Å². The summed E-state index contributed by atoms with van der Waals surface area (Å²) >= 11 is 6.27. The Balaban J connectivity index is 1.42. The molecule has 5 atom stereocenters. The molecule has 0 unspecified atom stereocenters. The number of carbonyl (C=O) groups is 3. The standard InChI is InChI=1S/C30H38ClN5O7S/c1-6-16-13-30(16,28(39)35-44(40,41)19-8-9-19)34-25(37)22-12-18(15-36(22)27(38)24(32)29(2,3)4)43-26-21-11-17(31)7-10-20(21)23(42-5)14-33-26/h6-7,10-11,14,16,18-19,22,24H,1,8-9,12-13,15,32H2,2-5H3,(H,34,37)(H,35,39)/t16-,18-,22+,24-,30-/m1/s1. The normalized spacial score (nSPS) is 25.7. The van der Waals surface area contributed by atoms with Gasteiger partial charge < -0.3 is 25.4 Å². The molecule has 1 saturated heterocycles. The minimum absolute atomic E-state index is 0.0244. The van der Waals surface area contributed by atoms with Gasteiger partial charge in [0.05, 0.1) is 31.1 Å². The van der Waals surface area contributed by atoms with E-state index in [1.807, 2.05) is 20.8 Å². The Morgan fingerprint density at radius 3 is 2.55 bits per heavy atom. The van der Waals surface area contributed by atoms with Crippen molar-refractivity contribution in [3.63, 3.8) is 0 Å². The Hall–Kier alpha value is -3.42. The first-order valence-electron chi connectivity index (χ1n) is 14.5. The van der Waals surface area contributed by atoms with Crippen molar-refractivity contribution in [3.05, 3.63) is 42.1 Å². The van der Waals surface area contributed by atoms with Gasteiger partial charge in [-0.2, -0.15) is 0 Å². The van der Waals surface area contributed by atoms with E-state index in [4.69, 9.17) is 26.8 Å². The molecule has 1 aromatic heterocycles. The second-order valence-electron chi connectivity index (χ2n) is 12.8. The number of carbonyl (C=O) groups excluding carboxylic acids is 3. The molecular formula is C30H38ClN5O7S. The summed E-state index contributed by atoms with van der Waals surface area (Å²) in [6.07, 6.45) is 3.56. The van der Waals surface area contributed by atoms with E-state index in [0.717, 1.165) is 5.39 Å². The Morgan fingerprint density at radius 1 is 1.25 bits per heavy atom. The van der Waals surface area contributed by atoms with Crippen LogP contribution >= 0.6 is 11.6 Å². The molecule has 0 spiro atoms. The number of hydrogen-bond donors (Lipinski definition) is 3. The van der Waals surface area contributed by atoms with Crippen LogP contribution in [0.4, 0.5) is 0 Å². The fourth-order valence-corrected chi connectivity index (χ4v) is 7.06. The van der Waals surface area contributed by atoms with Crippen LogP contribution in [0.5, 0.6) is 11.6 Å². The number of likely N-dealkylation sites (tertiary alicyclic amines) is 1. The largest absolute Gasteiger partial charge is 0.494 e. The van der Waals surface area contributed by atoms with Gasteiger partial charge in [-0.15, -0.1) is 6.58 Å². The zero-order valence-electron chi connectivity index (χ0n) is 25.1. The van der Waals surface area contributed by atoms with E-state index in [-0.39, 0.29) is 25.3 Å². The lowest BCUT2D eigenvalue weighted by Crippen LogP contribution is -2.59. The number of pyridine rings is 1. The monoisotopic (exact) mass is 647 g/mol. The molecular weight excluding hydrogens is 610 g/mol. The molecule has 2 aromatic rings. The molecule has 44 heavy (non-hydrogen) atoms. The van der Waals surface area contributed by atoms with E-state index in [1.54, 1.807) is 18.2 Å². The van der Waals surface area contributed by atoms with Crippen molar-refractivity contribution in [2.24, 2.45) is 17.1 Å². The molecule has 1 aromatic carbocycles. The van der Waals surface area contributed by atoms with Gasteiger partial charge in [0.2, 0.25) is 27.7 Å².